The van der Waals surface area contributed by atoms with Crippen LogP contribution in [0, 0.1) is 0 Å². The summed E-state index contributed by atoms with van der Waals surface area (Å²) in [6.07, 6.45) is 2.13. The molecule has 1 saturated heterocycles. The minimum Gasteiger partial charge on any atom is -0.352 e. The molecule has 0 saturated carbocycles. The number of carbonyl (C=O) groups is 1. The normalized spacial score (nSPS) is 22.4. The first-order valence-corrected chi connectivity index (χ1v) is 5.91. The highest BCUT2D eigenvalue weighted by Crippen LogP contribution is 2.26. The number of hydroxylamine groups is 1. The fourth-order valence-corrected chi connectivity index (χ4v) is 1.90. The van der Waals surface area contributed by atoms with Crippen molar-refractivity contribution in [3.05, 3.63) is 33.1 Å². The zero-order valence-corrected chi connectivity index (χ0v) is 10.4. The fourth-order valence-electron chi connectivity index (χ4n) is 1.90. The number of rotatable bonds is 4. The van der Waals surface area contributed by atoms with Gasteiger partial charge >= 0.3 is 5.69 Å². The molecule has 1 fully saturated rings. The second-order valence-electron chi connectivity index (χ2n) is 4.28. The third-order valence-corrected chi connectivity index (χ3v) is 2.73. The van der Waals surface area contributed by atoms with E-state index in [1.54, 1.807) is 0 Å². The molecule has 2 rings (SSSR count). The van der Waals surface area contributed by atoms with Gasteiger partial charge in [0.2, 0.25) is 5.91 Å². The lowest BCUT2D eigenvalue weighted by molar-refractivity contribution is -0.135. The SMILES string of the molecule is CC(=O)NOC[C@@H]1CCC(n2ccc(=O)[nH]c2=O)O1. The molecule has 2 N–H and O–H groups in total. The Hall–Kier alpha value is -1.93. The van der Waals surface area contributed by atoms with Gasteiger partial charge in [-0.25, -0.2) is 10.3 Å². The van der Waals surface area contributed by atoms with Crippen molar-refractivity contribution in [1.29, 1.82) is 0 Å². The largest absolute Gasteiger partial charge is 0.352 e. The van der Waals surface area contributed by atoms with Gasteiger partial charge in [0.05, 0.1) is 6.10 Å². The molecule has 0 bridgehead atoms. The number of hydrogen-bond acceptors (Lipinski definition) is 5. The van der Waals surface area contributed by atoms with Crippen LogP contribution >= 0.6 is 0 Å². The van der Waals surface area contributed by atoms with E-state index in [0.29, 0.717) is 12.8 Å². The molecule has 2 atom stereocenters. The number of nitrogens with zero attached hydrogens (tertiary/aromatic N) is 1. The molecule has 8 nitrogen and oxygen atoms in total. The predicted molar refractivity (Wildman–Crippen MR) is 64.2 cm³/mol. The van der Waals surface area contributed by atoms with Gasteiger partial charge in [0.15, 0.2) is 0 Å². The Balaban J connectivity index is 1.92. The highest BCUT2D eigenvalue weighted by atomic mass is 16.7. The zero-order chi connectivity index (χ0) is 13.8. The van der Waals surface area contributed by atoms with E-state index in [0.717, 1.165) is 0 Å². The topological polar surface area (TPSA) is 102 Å². The molecule has 1 aliphatic rings. The third kappa shape index (κ3) is 3.52. The van der Waals surface area contributed by atoms with Gasteiger partial charge in [-0.3, -0.25) is 24.0 Å². The third-order valence-electron chi connectivity index (χ3n) is 2.73. The molecule has 2 heterocycles. The summed E-state index contributed by atoms with van der Waals surface area (Å²) in [5.74, 6) is -0.286. The van der Waals surface area contributed by atoms with Gasteiger partial charge < -0.3 is 4.74 Å². The van der Waals surface area contributed by atoms with Crippen LogP contribution < -0.4 is 16.7 Å². The van der Waals surface area contributed by atoms with Crippen LogP contribution in [0.25, 0.3) is 0 Å². The lowest BCUT2D eigenvalue weighted by Gasteiger charge is -2.15. The average Bonchev–Trinajstić information content (AvgIpc) is 2.77. The molecule has 104 valence electrons. The zero-order valence-electron chi connectivity index (χ0n) is 10.4. The van der Waals surface area contributed by atoms with Crippen LogP contribution in [0.1, 0.15) is 26.0 Å². The van der Waals surface area contributed by atoms with Gasteiger partial charge in [0, 0.05) is 19.2 Å². The molecule has 1 amide bonds. The van der Waals surface area contributed by atoms with Crippen molar-refractivity contribution in [2.75, 3.05) is 6.61 Å². The van der Waals surface area contributed by atoms with E-state index in [9.17, 15) is 14.4 Å². The van der Waals surface area contributed by atoms with Gasteiger partial charge in [-0.1, -0.05) is 0 Å². The Labute approximate surface area is 108 Å². The number of ether oxygens (including phenoxy) is 1. The Morgan fingerprint density at radius 3 is 3.05 bits per heavy atom. The summed E-state index contributed by atoms with van der Waals surface area (Å²) in [4.78, 5) is 40.3. The van der Waals surface area contributed by atoms with E-state index in [1.807, 2.05) is 0 Å². The molecule has 1 aromatic rings. The highest BCUT2D eigenvalue weighted by Gasteiger charge is 2.27. The molecule has 8 heteroatoms. The second-order valence-corrected chi connectivity index (χ2v) is 4.28. The van der Waals surface area contributed by atoms with E-state index in [1.165, 1.54) is 23.8 Å². The molecular weight excluding hydrogens is 254 g/mol. The van der Waals surface area contributed by atoms with Crippen molar-refractivity contribution in [2.24, 2.45) is 0 Å². The van der Waals surface area contributed by atoms with E-state index < -0.39 is 17.5 Å². The Morgan fingerprint density at radius 2 is 2.37 bits per heavy atom. The maximum atomic E-state index is 11.6. The first-order valence-electron chi connectivity index (χ1n) is 5.91. The minimum absolute atomic E-state index is 0.198. The summed E-state index contributed by atoms with van der Waals surface area (Å²) in [5.41, 5.74) is 1.27. The molecule has 0 aliphatic carbocycles. The monoisotopic (exact) mass is 269 g/mol. The number of H-pyrrole nitrogens is 1. The molecule has 0 aromatic carbocycles. The fraction of sp³-hybridized carbons (Fsp3) is 0.545. The van der Waals surface area contributed by atoms with Crippen molar-refractivity contribution in [2.45, 2.75) is 32.1 Å². The van der Waals surface area contributed by atoms with E-state index in [2.05, 4.69) is 10.5 Å². The molecule has 0 spiro atoms. The summed E-state index contributed by atoms with van der Waals surface area (Å²) in [6, 6.07) is 1.27. The molecule has 1 aromatic heterocycles. The smallest absolute Gasteiger partial charge is 0.330 e. The number of aromatic amines is 1. The lowest BCUT2D eigenvalue weighted by Crippen LogP contribution is -2.32. The van der Waals surface area contributed by atoms with Crippen molar-refractivity contribution >= 4 is 5.91 Å². The Kier molecular flexibility index (Phi) is 4.13. The minimum atomic E-state index is -0.499. The second kappa shape index (κ2) is 5.81. The van der Waals surface area contributed by atoms with E-state index >= 15 is 0 Å². The van der Waals surface area contributed by atoms with Crippen molar-refractivity contribution < 1.29 is 14.4 Å². The van der Waals surface area contributed by atoms with Crippen LogP contribution in [-0.2, 0) is 14.4 Å². The number of nitrogens with one attached hydrogen (secondary N) is 2. The van der Waals surface area contributed by atoms with Gasteiger partial charge in [-0.15, -0.1) is 0 Å². The van der Waals surface area contributed by atoms with Crippen LogP contribution in [0.15, 0.2) is 21.9 Å². The van der Waals surface area contributed by atoms with Gasteiger partial charge in [-0.05, 0) is 12.8 Å². The van der Waals surface area contributed by atoms with Crippen LogP contribution in [0.2, 0.25) is 0 Å². The maximum Gasteiger partial charge on any atom is 0.330 e. The quantitative estimate of drug-likeness (QED) is 0.702. The molecule has 19 heavy (non-hydrogen) atoms. The molecule has 1 aliphatic heterocycles. The van der Waals surface area contributed by atoms with Crippen LogP contribution in [0.4, 0.5) is 0 Å². The molecular formula is C11H15N3O5. The molecule has 0 radical (unpaired) electrons. The van der Waals surface area contributed by atoms with Gasteiger partial charge in [0.25, 0.3) is 5.56 Å². The van der Waals surface area contributed by atoms with Gasteiger partial charge in [0.1, 0.15) is 12.8 Å². The highest BCUT2D eigenvalue weighted by molar-refractivity contribution is 5.71. The van der Waals surface area contributed by atoms with Crippen molar-refractivity contribution in [3.8, 4) is 0 Å². The summed E-state index contributed by atoms with van der Waals surface area (Å²) >= 11 is 0. The number of hydrogen-bond donors (Lipinski definition) is 2. The van der Waals surface area contributed by atoms with Crippen LogP contribution in [0.3, 0.4) is 0 Å². The predicted octanol–water partition coefficient (Wildman–Crippen LogP) is -0.718. The van der Waals surface area contributed by atoms with Crippen molar-refractivity contribution in [1.82, 2.24) is 15.0 Å². The van der Waals surface area contributed by atoms with Gasteiger partial charge in [-0.2, -0.15) is 0 Å². The standard InChI is InChI=1S/C11H15N3O5/c1-7(15)13-18-6-8-2-3-10(19-8)14-5-4-9(16)12-11(14)17/h4-5,8,10H,2-3,6H2,1H3,(H,13,15)(H,12,16,17)/t8-,10?/m0/s1. The number of carbonyl (C=O) groups excluding carboxylic acids is 1. The van der Waals surface area contributed by atoms with Crippen LogP contribution in [-0.4, -0.2) is 28.2 Å². The van der Waals surface area contributed by atoms with Crippen molar-refractivity contribution in [3.63, 3.8) is 0 Å². The first kappa shape index (κ1) is 13.5. The average molecular weight is 269 g/mol. The summed E-state index contributed by atoms with van der Waals surface area (Å²) in [7, 11) is 0. The Bertz CT molecular complexity index is 564. The molecule has 1 unspecified atom stereocenters. The summed E-state index contributed by atoms with van der Waals surface area (Å²) in [6.45, 7) is 1.56. The lowest BCUT2D eigenvalue weighted by atomic mass is 10.2. The number of amides is 1. The summed E-state index contributed by atoms with van der Waals surface area (Å²) in [5, 5.41) is 0. The first-order chi connectivity index (χ1) is 9.06. The van der Waals surface area contributed by atoms with E-state index in [4.69, 9.17) is 9.57 Å². The summed E-state index contributed by atoms with van der Waals surface area (Å²) < 4.78 is 6.95. The van der Waals surface area contributed by atoms with Crippen LogP contribution in [0.5, 0.6) is 0 Å². The van der Waals surface area contributed by atoms with E-state index in [-0.39, 0.29) is 18.6 Å². The maximum absolute atomic E-state index is 11.6. The number of aromatic nitrogens is 2. The Morgan fingerprint density at radius 1 is 1.58 bits per heavy atom.